The van der Waals surface area contributed by atoms with Gasteiger partial charge in [-0.3, -0.25) is 0 Å². The maximum absolute atomic E-state index is 5.50. The summed E-state index contributed by atoms with van der Waals surface area (Å²) < 4.78 is 2.40. The molecule has 0 aliphatic carbocycles. The van der Waals surface area contributed by atoms with Gasteiger partial charge in [-0.05, 0) is 178 Å². The van der Waals surface area contributed by atoms with Gasteiger partial charge in [-0.1, -0.05) is 307 Å². The Morgan fingerprint density at radius 2 is 0.580 bits per heavy atom. The van der Waals surface area contributed by atoms with E-state index >= 15 is 0 Å². The molecular weight excluding hydrogens is 1360 g/mol. The van der Waals surface area contributed by atoms with Crippen LogP contribution in [0.4, 0.5) is 34.1 Å². The lowest BCUT2D eigenvalue weighted by Crippen LogP contribution is -2.61. The summed E-state index contributed by atoms with van der Waals surface area (Å²) in [6, 6.07) is 98.0. The van der Waals surface area contributed by atoms with E-state index < -0.39 is 0 Å². The first-order chi connectivity index (χ1) is 53.3. The first-order valence-electron chi connectivity index (χ1n) is 39.6. The SMILES string of the molecule is CC(C)(C)c1cc(N2c3cc(C(C)(C)C)ccc3B3c4ccc(C(C)(C)C)cc4N(c4cc(C(C)(C)C)cc(C(C)(C)C)c4)c4cc(-c5ccc6c(c5)c5ccccc5n6-c5ccc(-c6nc(-c7ccccc7)nc(-c7ccccc7)n6)cc5-c5nc(-c6ccccc6)nc(-c6ccccc6)n5)cc2c43)cc(C(C)(C)C)c1. The van der Waals surface area contributed by atoms with Crippen molar-refractivity contribution in [1.82, 2.24) is 34.5 Å². The number of para-hydroxylation sites is 1. The Bertz CT molecular complexity index is 5850. The predicted octanol–water partition coefficient (Wildman–Crippen LogP) is 24.7. The highest BCUT2D eigenvalue weighted by atomic mass is 15.2. The maximum atomic E-state index is 5.50. The Kier molecular flexibility index (Phi) is 17.6. The molecule has 0 N–H and O–H groups in total. The number of anilines is 6. The van der Waals surface area contributed by atoms with Crippen molar-refractivity contribution in [2.45, 2.75) is 157 Å². The molecular formula is C102H98BN9. The zero-order valence-corrected chi connectivity index (χ0v) is 68.0. The van der Waals surface area contributed by atoms with Crippen molar-refractivity contribution in [3.8, 4) is 85.1 Å². The summed E-state index contributed by atoms with van der Waals surface area (Å²) in [6.45, 7) is 42.3. The number of aromatic nitrogens is 7. The van der Waals surface area contributed by atoms with E-state index in [1.807, 2.05) is 97.1 Å². The van der Waals surface area contributed by atoms with Crippen LogP contribution >= 0.6 is 0 Å². The number of hydrogen-bond donors (Lipinski definition) is 0. The molecule has 0 spiro atoms. The van der Waals surface area contributed by atoms with Gasteiger partial charge < -0.3 is 14.4 Å². The molecule has 0 fully saturated rings. The maximum Gasteiger partial charge on any atom is 0.252 e. The van der Waals surface area contributed by atoms with Crippen molar-refractivity contribution < 1.29 is 0 Å². The van der Waals surface area contributed by atoms with E-state index in [1.54, 1.807) is 0 Å². The van der Waals surface area contributed by atoms with Gasteiger partial charge in [-0.2, -0.15) is 0 Å². The summed E-state index contributed by atoms with van der Waals surface area (Å²) in [7, 11) is 0. The van der Waals surface area contributed by atoms with Gasteiger partial charge >= 0.3 is 0 Å². The zero-order valence-electron chi connectivity index (χ0n) is 68.0. The molecule has 5 heterocycles. The van der Waals surface area contributed by atoms with Crippen molar-refractivity contribution in [2.75, 3.05) is 9.80 Å². The highest BCUT2D eigenvalue weighted by molar-refractivity contribution is 7.00. The largest absolute Gasteiger partial charge is 0.311 e. The van der Waals surface area contributed by atoms with Crippen molar-refractivity contribution in [3.63, 3.8) is 0 Å². The number of fused-ring (bicyclic) bond motifs is 7. The van der Waals surface area contributed by atoms with Crippen LogP contribution in [-0.4, -0.2) is 41.2 Å². The molecule has 2 aliphatic rings. The number of rotatable bonds is 10. The van der Waals surface area contributed by atoms with Gasteiger partial charge in [0.05, 0.1) is 16.7 Å². The van der Waals surface area contributed by atoms with E-state index in [2.05, 4.69) is 309 Å². The highest BCUT2D eigenvalue weighted by Crippen LogP contribution is 2.51. The molecule has 17 rings (SSSR count). The minimum Gasteiger partial charge on any atom is -0.311 e. The molecule has 10 heteroatoms. The first kappa shape index (κ1) is 73.0. The first-order valence-corrected chi connectivity index (χ1v) is 39.6. The fourth-order valence-electron chi connectivity index (χ4n) is 16.2. The lowest BCUT2D eigenvalue weighted by molar-refractivity contribution is 0.568. The summed E-state index contributed by atoms with van der Waals surface area (Å²) in [5, 5.41) is 2.21. The molecule has 0 unspecified atom stereocenters. The average molecular weight is 1460 g/mol. The Hall–Kier alpha value is -11.9. The molecule has 0 atom stereocenters. The fraction of sp³-hybridized carbons (Fsp3) is 0.235. The predicted molar refractivity (Wildman–Crippen MR) is 472 cm³/mol. The Balaban J connectivity index is 0.956. The molecule has 0 radical (unpaired) electrons. The minimum atomic E-state index is -0.152. The molecule has 0 saturated heterocycles. The van der Waals surface area contributed by atoms with E-state index in [9.17, 15) is 0 Å². The monoisotopic (exact) mass is 1460 g/mol. The molecule has 2 aliphatic heterocycles. The van der Waals surface area contributed by atoms with Crippen molar-refractivity contribution in [1.29, 1.82) is 0 Å². The smallest absolute Gasteiger partial charge is 0.252 e. The van der Waals surface area contributed by atoms with Crippen molar-refractivity contribution in [3.05, 3.63) is 300 Å². The molecule has 0 saturated carbocycles. The average Bonchev–Trinajstić information content (AvgIpc) is 0.805. The van der Waals surface area contributed by atoms with E-state index in [-0.39, 0.29) is 39.2 Å². The quantitative estimate of drug-likeness (QED) is 0.125. The second kappa shape index (κ2) is 27.0. The lowest BCUT2D eigenvalue weighted by atomic mass is 9.33. The van der Waals surface area contributed by atoms with Crippen LogP contribution in [-0.2, 0) is 32.5 Å². The van der Waals surface area contributed by atoms with Crippen LogP contribution in [0.2, 0.25) is 0 Å². The number of hydrogen-bond acceptors (Lipinski definition) is 8. The van der Waals surface area contributed by atoms with Gasteiger partial charge in [-0.15, -0.1) is 0 Å². The lowest BCUT2D eigenvalue weighted by Gasteiger charge is -2.46. The van der Waals surface area contributed by atoms with Crippen LogP contribution in [0, 0.1) is 0 Å². The third-order valence-corrected chi connectivity index (χ3v) is 22.8. The van der Waals surface area contributed by atoms with E-state index in [4.69, 9.17) is 29.9 Å². The van der Waals surface area contributed by atoms with E-state index in [0.29, 0.717) is 34.9 Å². The molecule has 112 heavy (non-hydrogen) atoms. The van der Waals surface area contributed by atoms with Gasteiger partial charge in [0.1, 0.15) is 0 Å². The number of nitrogens with zero attached hydrogens (tertiary/aromatic N) is 9. The van der Waals surface area contributed by atoms with Gasteiger partial charge in [0.25, 0.3) is 6.71 Å². The Labute approximate surface area is 661 Å². The summed E-state index contributed by atoms with van der Waals surface area (Å²) >= 11 is 0. The molecule has 3 aromatic heterocycles. The summed E-state index contributed by atoms with van der Waals surface area (Å²) in [5.74, 6) is 3.28. The standard InChI is InChI=1S/C102H98BN9/c1-97(2,3)70-45-47-81-86(61-70)110(76-57-72(99(7,8)9)55-73(58-76)100(10,11)12)88-53-69(54-89-90(88)103(81)82-48-46-71(98(4,5)6)62-87(82)111(89)77-59-74(101(13,14)15)56-75(60-77)102(16,17)18)67-43-49-84-79(51-67)78-41-31-32-42-83(78)112(84)85-50-44-68(95-106-91(63-33-23-19-24-34-63)104-92(107-95)64-35-25-20-26-36-64)52-80(85)96-108-93(65-37-27-21-28-38-65)105-94(109-96)66-39-29-22-30-40-66/h19-62H,1-18H3. The van der Waals surface area contributed by atoms with Gasteiger partial charge in [0, 0.05) is 78.3 Å². The van der Waals surface area contributed by atoms with Crippen LogP contribution in [0.15, 0.2) is 267 Å². The zero-order chi connectivity index (χ0) is 78.3. The molecule has 9 nitrogen and oxygen atoms in total. The van der Waals surface area contributed by atoms with Crippen molar-refractivity contribution >= 4 is 79.0 Å². The minimum absolute atomic E-state index is 0.111. The van der Waals surface area contributed by atoms with Crippen LogP contribution in [0.3, 0.4) is 0 Å². The number of benzene rings is 12. The molecule has 0 bridgehead atoms. The van der Waals surface area contributed by atoms with Crippen LogP contribution < -0.4 is 26.2 Å². The highest BCUT2D eigenvalue weighted by Gasteiger charge is 2.45. The van der Waals surface area contributed by atoms with E-state index in [0.717, 1.165) is 83.4 Å². The van der Waals surface area contributed by atoms with Crippen LogP contribution in [0.25, 0.3) is 107 Å². The molecule has 0 amide bonds. The van der Waals surface area contributed by atoms with Gasteiger partial charge in [0.2, 0.25) is 0 Å². The van der Waals surface area contributed by atoms with Crippen LogP contribution in [0.1, 0.15) is 158 Å². The topological polar surface area (TPSA) is 88.8 Å². The van der Waals surface area contributed by atoms with Crippen molar-refractivity contribution in [2.24, 2.45) is 0 Å². The normalized spacial score (nSPS) is 13.2. The summed E-state index contributed by atoms with van der Waals surface area (Å²) in [4.78, 5) is 37.3. The Morgan fingerprint density at radius 3 is 0.973 bits per heavy atom. The van der Waals surface area contributed by atoms with Gasteiger partial charge in [0.15, 0.2) is 34.9 Å². The molecule has 12 aromatic carbocycles. The van der Waals surface area contributed by atoms with Crippen LogP contribution in [0.5, 0.6) is 0 Å². The summed E-state index contributed by atoms with van der Waals surface area (Å²) in [6.07, 6.45) is 0. The third-order valence-electron chi connectivity index (χ3n) is 22.8. The Morgan fingerprint density at radius 1 is 0.232 bits per heavy atom. The third kappa shape index (κ3) is 13.4. The summed E-state index contributed by atoms with van der Waals surface area (Å²) in [5.41, 5.74) is 28.0. The second-order valence-electron chi connectivity index (χ2n) is 37.0. The second-order valence-corrected chi connectivity index (χ2v) is 37.0. The van der Waals surface area contributed by atoms with Gasteiger partial charge in [-0.25, -0.2) is 29.9 Å². The fourth-order valence-corrected chi connectivity index (χ4v) is 16.2. The molecule has 15 aromatic rings. The molecule has 554 valence electrons. The van der Waals surface area contributed by atoms with E-state index in [1.165, 1.54) is 72.5 Å².